The second kappa shape index (κ2) is 9.84. The lowest BCUT2D eigenvalue weighted by molar-refractivity contribution is 0.144. The van der Waals surface area contributed by atoms with Crippen molar-refractivity contribution in [3.63, 3.8) is 0 Å². The molecule has 31 heavy (non-hydrogen) atoms. The van der Waals surface area contributed by atoms with E-state index in [1.165, 1.54) is 0 Å². The highest BCUT2D eigenvalue weighted by Gasteiger charge is 2.31. The van der Waals surface area contributed by atoms with E-state index in [-0.39, 0.29) is 17.0 Å². The zero-order chi connectivity index (χ0) is 21.6. The number of ether oxygens (including phenoxy) is 2. The van der Waals surface area contributed by atoms with E-state index in [0.717, 1.165) is 24.9 Å². The van der Waals surface area contributed by atoms with E-state index in [1.807, 2.05) is 18.2 Å². The largest absolute Gasteiger partial charge is 0.733 e. The summed E-state index contributed by atoms with van der Waals surface area (Å²) in [6.07, 6.45) is 3.58. The van der Waals surface area contributed by atoms with Crippen LogP contribution in [0.15, 0.2) is 47.1 Å². The van der Waals surface area contributed by atoms with Crippen molar-refractivity contribution in [2.45, 2.75) is 25.4 Å². The Morgan fingerprint density at radius 1 is 1.26 bits per heavy atom. The maximum atomic E-state index is 11.0. The minimum Gasteiger partial charge on any atom is -0.733 e. The summed E-state index contributed by atoms with van der Waals surface area (Å²) in [7, 11) is 1.61. The fraction of sp³-hybridized carbons (Fsp3) is 0.381. The van der Waals surface area contributed by atoms with Crippen LogP contribution in [0.5, 0.6) is 5.88 Å². The van der Waals surface area contributed by atoms with Crippen molar-refractivity contribution in [2.75, 3.05) is 32.1 Å². The summed E-state index contributed by atoms with van der Waals surface area (Å²) >= 11 is 0. The molecule has 0 radical (unpaired) electrons. The van der Waals surface area contributed by atoms with Crippen LogP contribution in [-0.2, 0) is 11.3 Å². The van der Waals surface area contributed by atoms with Gasteiger partial charge in [-0.15, -0.1) is 0 Å². The topological polar surface area (TPSA) is 120 Å². The summed E-state index contributed by atoms with van der Waals surface area (Å²) in [4.78, 5) is 11.2. The van der Waals surface area contributed by atoms with E-state index in [2.05, 4.69) is 20.0 Å². The normalized spacial score (nSPS) is 16.5. The van der Waals surface area contributed by atoms with Gasteiger partial charge in [-0.3, -0.25) is 10.1 Å². The van der Waals surface area contributed by atoms with Crippen molar-refractivity contribution in [3.05, 3.63) is 59.3 Å². The first-order valence-electron chi connectivity index (χ1n) is 10.1. The average Bonchev–Trinajstić information content (AvgIpc) is 3.44. The highest BCUT2D eigenvalue weighted by molar-refractivity contribution is 5.60. The number of likely N-dealkylation sites (tertiary alicyclic amines) is 1. The summed E-state index contributed by atoms with van der Waals surface area (Å²) in [5.41, 5.74) is 1.89. The van der Waals surface area contributed by atoms with Gasteiger partial charge in [0.25, 0.3) is 0 Å². The molecule has 10 nitrogen and oxygen atoms in total. The molecule has 0 saturated carbocycles. The second-order valence-corrected chi connectivity index (χ2v) is 7.22. The molecule has 0 aliphatic carbocycles. The van der Waals surface area contributed by atoms with Gasteiger partial charge in [0.05, 0.1) is 23.9 Å². The first-order valence-corrected chi connectivity index (χ1v) is 10.1. The van der Waals surface area contributed by atoms with Crippen molar-refractivity contribution >= 4 is 5.69 Å². The molecule has 1 aliphatic heterocycles. The molecule has 0 unspecified atom stereocenters. The molecule has 2 aromatic heterocycles. The van der Waals surface area contributed by atoms with Gasteiger partial charge < -0.3 is 24.4 Å². The number of pyridine rings is 1. The van der Waals surface area contributed by atoms with Crippen LogP contribution < -0.4 is 9.96 Å². The Balaban J connectivity index is 1.48. The van der Waals surface area contributed by atoms with Gasteiger partial charge in [-0.2, -0.15) is 4.98 Å². The predicted molar refractivity (Wildman–Crippen MR) is 111 cm³/mol. The first-order chi connectivity index (χ1) is 15.2. The quantitative estimate of drug-likeness (QED) is 0.403. The third kappa shape index (κ3) is 5.00. The summed E-state index contributed by atoms with van der Waals surface area (Å²) in [5.74, 6) is 1.42. The van der Waals surface area contributed by atoms with E-state index in [0.29, 0.717) is 42.9 Å². The number of rotatable bonds is 9. The van der Waals surface area contributed by atoms with Gasteiger partial charge in [0.1, 0.15) is 6.61 Å². The van der Waals surface area contributed by atoms with Crippen LogP contribution in [0, 0.1) is 5.21 Å². The smallest absolute Gasteiger partial charge is 0.244 e. The number of anilines is 1. The lowest BCUT2D eigenvalue weighted by Gasteiger charge is -2.23. The number of aromatic nitrogens is 3. The van der Waals surface area contributed by atoms with Gasteiger partial charge in [0.2, 0.25) is 17.6 Å². The van der Waals surface area contributed by atoms with Crippen LogP contribution in [0.4, 0.5) is 5.69 Å². The fourth-order valence-corrected chi connectivity index (χ4v) is 3.64. The minimum absolute atomic E-state index is 0.00399. The first kappa shape index (κ1) is 21.2. The minimum atomic E-state index is -0.145. The average molecular weight is 426 g/mol. The summed E-state index contributed by atoms with van der Waals surface area (Å²) in [6.45, 7) is 2.40. The fourth-order valence-electron chi connectivity index (χ4n) is 3.64. The predicted octanol–water partition coefficient (Wildman–Crippen LogP) is 3.19. The Morgan fingerprint density at radius 2 is 2.10 bits per heavy atom. The SMILES string of the molecule is COCCOc1ncccc1-c1noc([C@@H]2CCCN2Cc2ccc(N([O-])O)cc2)n1. The van der Waals surface area contributed by atoms with Gasteiger partial charge in [-0.25, -0.2) is 4.98 Å². The molecule has 1 N–H and O–H groups in total. The van der Waals surface area contributed by atoms with Crippen LogP contribution in [-0.4, -0.2) is 52.1 Å². The molecule has 10 heteroatoms. The van der Waals surface area contributed by atoms with Crippen LogP contribution >= 0.6 is 0 Å². The van der Waals surface area contributed by atoms with Crippen LogP contribution in [0.3, 0.4) is 0 Å². The molecular weight excluding hydrogens is 402 g/mol. The third-order valence-corrected chi connectivity index (χ3v) is 5.17. The second-order valence-electron chi connectivity index (χ2n) is 7.22. The van der Waals surface area contributed by atoms with Gasteiger partial charge in [0.15, 0.2) is 0 Å². The van der Waals surface area contributed by atoms with Crippen molar-refractivity contribution in [1.29, 1.82) is 0 Å². The molecule has 1 aromatic carbocycles. The standard InChI is InChI=1S/C21H24N5O5/c1-29-12-13-30-20-17(4-2-10-22-20)19-23-21(31-24-19)18-5-3-11-25(18)14-15-6-8-16(9-7-15)26(27)28/h2,4,6-10,18,27H,3,5,11-14H2,1H3/q-1/t18-/m0/s1. The molecule has 1 fully saturated rings. The van der Waals surface area contributed by atoms with Crippen LogP contribution in [0.25, 0.3) is 11.4 Å². The third-order valence-electron chi connectivity index (χ3n) is 5.17. The van der Waals surface area contributed by atoms with Crippen molar-refractivity contribution < 1.29 is 19.2 Å². The Labute approximate surface area is 179 Å². The molecule has 1 atom stereocenters. The number of hydrogen-bond donors (Lipinski definition) is 1. The molecule has 3 aromatic rings. The molecule has 1 aliphatic rings. The van der Waals surface area contributed by atoms with Crippen LogP contribution in [0.2, 0.25) is 0 Å². The maximum Gasteiger partial charge on any atom is 0.244 e. The van der Waals surface area contributed by atoms with E-state index in [9.17, 15) is 5.21 Å². The zero-order valence-corrected chi connectivity index (χ0v) is 17.2. The molecule has 1 saturated heterocycles. The van der Waals surface area contributed by atoms with Gasteiger partial charge in [-0.1, -0.05) is 17.3 Å². The molecule has 4 rings (SSSR count). The van der Waals surface area contributed by atoms with Gasteiger partial charge in [0, 0.05) is 19.9 Å². The lowest BCUT2D eigenvalue weighted by atomic mass is 10.1. The molecule has 0 bridgehead atoms. The van der Waals surface area contributed by atoms with Crippen molar-refractivity contribution in [2.24, 2.45) is 0 Å². The zero-order valence-electron chi connectivity index (χ0n) is 17.2. The maximum absolute atomic E-state index is 11.0. The van der Waals surface area contributed by atoms with E-state index in [1.54, 1.807) is 31.5 Å². The Kier molecular flexibility index (Phi) is 6.73. The summed E-state index contributed by atoms with van der Waals surface area (Å²) in [5, 5.41) is 24.0. The molecule has 3 heterocycles. The van der Waals surface area contributed by atoms with E-state index >= 15 is 0 Å². The van der Waals surface area contributed by atoms with E-state index < -0.39 is 0 Å². The van der Waals surface area contributed by atoms with Gasteiger partial charge >= 0.3 is 0 Å². The monoisotopic (exact) mass is 426 g/mol. The Bertz CT molecular complexity index is 978. The number of hydrogen-bond acceptors (Lipinski definition) is 10. The number of benzene rings is 1. The Morgan fingerprint density at radius 3 is 2.87 bits per heavy atom. The number of methoxy groups -OCH3 is 1. The highest BCUT2D eigenvalue weighted by Crippen LogP contribution is 2.34. The molecule has 0 amide bonds. The Hall–Kier alpha value is -3.05. The highest BCUT2D eigenvalue weighted by atomic mass is 16.8. The van der Waals surface area contributed by atoms with Crippen molar-refractivity contribution in [3.8, 4) is 17.3 Å². The molecule has 0 spiro atoms. The van der Waals surface area contributed by atoms with E-state index in [4.69, 9.17) is 19.2 Å². The molecule has 164 valence electrons. The lowest BCUT2D eigenvalue weighted by Crippen LogP contribution is -2.23. The van der Waals surface area contributed by atoms with Crippen molar-refractivity contribution in [1.82, 2.24) is 20.0 Å². The summed E-state index contributed by atoms with van der Waals surface area (Å²) in [6, 6.07) is 10.5. The van der Waals surface area contributed by atoms with Crippen LogP contribution in [0.1, 0.15) is 30.3 Å². The van der Waals surface area contributed by atoms with Gasteiger partial charge in [-0.05, 0) is 49.2 Å². The number of nitrogens with zero attached hydrogens (tertiary/aromatic N) is 5. The summed E-state index contributed by atoms with van der Waals surface area (Å²) < 4.78 is 16.3. The molecular formula is C21H24N5O5-.